The van der Waals surface area contributed by atoms with Crippen LogP contribution in [0.3, 0.4) is 0 Å². The number of benzene rings is 1. The van der Waals surface area contributed by atoms with Crippen molar-refractivity contribution >= 4 is 11.6 Å². The van der Waals surface area contributed by atoms with E-state index in [1.54, 1.807) is 6.07 Å². The highest BCUT2D eigenvalue weighted by atomic mass is 19.1. The molecule has 0 fully saturated rings. The first-order chi connectivity index (χ1) is 13.6. The Hall–Kier alpha value is -2.25. The van der Waals surface area contributed by atoms with Gasteiger partial charge in [-0.1, -0.05) is 24.3 Å². The third-order valence-electron chi connectivity index (χ3n) is 3.50. The van der Waals surface area contributed by atoms with Crippen molar-refractivity contribution in [3.63, 3.8) is 0 Å². The minimum Gasteiger partial charge on any atom is -0.398 e. The molecule has 0 unspecified atom stereocenters. The average molecular weight is 400 g/mol. The molecule has 5 nitrogen and oxygen atoms in total. The summed E-state index contributed by atoms with van der Waals surface area (Å²) in [7, 11) is 2.00. The lowest BCUT2D eigenvalue weighted by Crippen LogP contribution is -2.28. The summed E-state index contributed by atoms with van der Waals surface area (Å²) < 4.78 is 29.2. The highest BCUT2D eigenvalue weighted by molar-refractivity contribution is 5.95. The Morgan fingerprint density at radius 3 is 2.50 bits per heavy atom. The zero-order valence-corrected chi connectivity index (χ0v) is 17.4. The number of anilines is 1. The van der Waals surface area contributed by atoms with Gasteiger partial charge in [-0.2, -0.15) is 0 Å². The molecule has 1 amide bonds. The van der Waals surface area contributed by atoms with Gasteiger partial charge in [0.15, 0.2) is 0 Å². The summed E-state index contributed by atoms with van der Waals surface area (Å²) in [6, 6.07) is 3.01. The monoisotopic (exact) mass is 399 g/mol. The standard InChI is InChI=1S/C19H27FN2O2.CH3F.CH5N/c1-3-5-6-7-8-9-10-15-17(21)12-11-16(18(15)20)19(23)22-13-14-24-4-2;2*1-2/h3,5,7-8,11-12H,4,6,9-10,13-14,21H2,1-2H3,(H,22,23);1H3;2H2,1H3/b5-3-,8-7-;;. The average Bonchev–Trinajstić information content (AvgIpc) is 2.73. The van der Waals surface area contributed by atoms with Crippen molar-refractivity contribution in [2.75, 3.05) is 39.7 Å². The number of hydrogen-bond acceptors (Lipinski definition) is 4. The molecule has 0 spiro atoms. The van der Waals surface area contributed by atoms with Gasteiger partial charge >= 0.3 is 0 Å². The Morgan fingerprint density at radius 2 is 1.89 bits per heavy atom. The molecule has 0 aliphatic carbocycles. The Labute approximate surface area is 167 Å². The number of nitrogen functional groups attached to an aromatic ring is 1. The highest BCUT2D eigenvalue weighted by Gasteiger charge is 2.16. The van der Waals surface area contributed by atoms with Crippen LogP contribution in [0.1, 0.15) is 42.6 Å². The van der Waals surface area contributed by atoms with Crippen LogP contribution in [-0.2, 0) is 11.2 Å². The van der Waals surface area contributed by atoms with E-state index in [0.717, 1.165) is 6.42 Å². The van der Waals surface area contributed by atoms with Gasteiger partial charge in [0, 0.05) is 24.4 Å². The van der Waals surface area contributed by atoms with Crippen LogP contribution in [-0.4, -0.2) is 39.9 Å². The number of alkyl halides is 1. The Balaban J connectivity index is 0. The van der Waals surface area contributed by atoms with Crippen molar-refractivity contribution in [1.82, 2.24) is 5.32 Å². The van der Waals surface area contributed by atoms with Crippen molar-refractivity contribution in [1.29, 1.82) is 0 Å². The van der Waals surface area contributed by atoms with Crippen LogP contribution in [0.4, 0.5) is 14.5 Å². The second-order valence-corrected chi connectivity index (χ2v) is 5.26. The molecule has 0 aromatic heterocycles. The van der Waals surface area contributed by atoms with Crippen LogP contribution in [0.25, 0.3) is 0 Å². The lowest BCUT2D eigenvalue weighted by molar-refractivity contribution is 0.0918. The maximum atomic E-state index is 14.6. The summed E-state index contributed by atoms with van der Waals surface area (Å²) in [5.74, 6) is -0.983. The molecule has 0 aliphatic rings. The molecule has 0 aliphatic heterocycles. The number of rotatable bonds is 10. The van der Waals surface area contributed by atoms with Crippen molar-refractivity contribution in [3.8, 4) is 0 Å². The molecular weight excluding hydrogens is 364 g/mol. The Bertz CT molecular complexity index is 591. The molecule has 0 saturated carbocycles. The molecule has 160 valence electrons. The van der Waals surface area contributed by atoms with E-state index in [0.29, 0.717) is 51.0 Å². The topological polar surface area (TPSA) is 90.4 Å². The molecule has 0 saturated heterocycles. The van der Waals surface area contributed by atoms with Crippen molar-refractivity contribution in [2.45, 2.75) is 33.1 Å². The van der Waals surface area contributed by atoms with Gasteiger partial charge in [0.1, 0.15) is 5.82 Å². The SMILES string of the molecule is C/C=C\C/C=C\CCc1c(N)ccc(C(=O)NCCOCC)c1F.CF.CN. The number of carbonyl (C=O) groups is 1. The third kappa shape index (κ3) is 11.5. The van der Waals surface area contributed by atoms with Gasteiger partial charge in [0.25, 0.3) is 5.91 Å². The van der Waals surface area contributed by atoms with Gasteiger partial charge in [0.2, 0.25) is 0 Å². The molecule has 0 heterocycles. The molecule has 28 heavy (non-hydrogen) atoms. The van der Waals surface area contributed by atoms with Gasteiger partial charge in [-0.05, 0) is 52.3 Å². The van der Waals surface area contributed by atoms with Crippen LogP contribution >= 0.6 is 0 Å². The first kappa shape index (κ1) is 28.0. The van der Waals surface area contributed by atoms with Crippen molar-refractivity contribution in [3.05, 3.63) is 53.4 Å². The number of halogens is 2. The van der Waals surface area contributed by atoms with Crippen LogP contribution in [0.5, 0.6) is 0 Å². The minimum absolute atomic E-state index is 0.0218. The quantitative estimate of drug-likeness (QED) is 0.317. The van der Waals surface area contributed by atoms with E-state index >= 15 is 0 Å². The van der Waals surface area contributed by atoms with Gasteiger partial charge < -0.3 is 21.5 Å². The lowest BCUT2D eigenvalue weighted by Gasteiger charge is -2.11. The van der Waals surface area contributed by atoms with Crippen LogP contribution < -0.4 is 16.8 Å². The number of amides is 1. The summed E-state index contributed by atoms with van der Waals surface area (Å²) in [5.41, 5.74) is 11.2. The first-order valence-corrected chi connectivity index (χ1v) is 9.26. The zero-order chi connectivity index (χ0) is 21.8. The number of nitrogens with two attached hydrogens (primary N) is 2. The highest BCUT2D eigenvalue weighted by Crippen LogP contribution is 2.21. The summed E-state index contributed by atoms with van der Waals surface area (Å²) in [6.07, 6.45) is 10.0. The summed E-state index contributed by atoms with van der Waals surface area (Å²) in [5, 5.41) is 2.65. The molecular formula is C21H35F2N3O2. The molecule has 0 atom stereocenters. The van der Waals surface area contributed by atoms with E-state index in [1.807, 2.05) is 38.2 Å². The van der Waals surface area contributed by atoms with Crippen molar-refractivity contribution < 1.29 is 18.3 Å². The van der Waals surface area contributed by atoms with Crippen LogP contribution in [0, 0.1) is 5.82 Å². The van der Waals surface area contributed by atoms with Crippen molar-refractivity contribution in [2.24, 2.45) is 5.73 Å². The smallest absolute Gasteiger partial charge is 0.254 e. The molecule has 1 rings (SSSR count). The lowest BCUT2D eigenvalue weighted by atomic mass is 10.0. The number of hydrogen-bond donors (Lipinski definition) is 3. The molecule has 1 aromatic rings. The van der Waals surface area contributed by atoms with E-state index in [2.05, 4.69) is 11.1 Å². The molecule has 0 bridgehead atoms. The summed E-state index contributed by atoms with van der Waals surface area (Å²) >= 11 is 0. The summed E-state index contributed by atoms with van der Waals surface area (Å²) in [4.78, 5) is 12.1. The maximum Gasteiger partial charge on any atom is 0.254 e. The van der Waals surface area contributed by atoms with Gasteiger partial charge in [-0.15, -0.1) is 0 Å². The number of nitrogens with one attached hydrogen (secondary N) is 1. The van der Waals surface area contributed by atoms with E-state index in [9.17, 15) is 13.6 Å². The third-order valence-corrected chi connectivity index (χ3v) is 3.50. The number of carbonyl (C=O) groups excluding carboxylic acids is 1. The van der Waals surface area contributed by atoms with E-state index in [-0.39, 0.29) is 5.56 Å². The largest absolute Gasteiger partial charge is 0.398 e. The summed E-state index contributed by atoms with van der Waals surface area (Å²) in [6.45, 7) is 5.18. The van der Waals surface area contributed by atoms with E-state index < -0.39 is 11.7 Å². The molecule has 7 heteroatoms. The van der Waals surface area contributed by atoms with E-state index in [4.69, 9.17) is 10.5 Å². The number of ether oxygens (including phenoxy) is 1. The predicted octanol–water partition coefficient (Wildman–Crippen LogP) is 3.79. The predicted molar refractivity (Wildman–Crippen MR) is 114 cm³/mol. The van der Waals surface area contributed by atoms with Gasteiger partial charge in [-0.3, -0.25) is 9.18 Å². The van der Waals surface area contributed by atoms with Gasteiger partial charge in [0.05, 0.1) is 19.3 Å². The fourth-order valence-corrected chi connectivity index (χ4v) is 2.20. The Kier molecular flexibility index (Phi) is 19.5. The Morgan fingerprint density at radius 1 is 1.21 bits per heavy atom. The van der Waals surface area contributed by atoms with Gasteiger partial charge in [-0.25, -0.2) is 4.39 Å². The molecule has 0 radical (unpaired) electrons. The minimum atomic E-state index is -0.536. The second-order valence-electron chi connectivity index (χ2n) is 5.26. The van der Waals surface area contributed by atoms with Crippen LogP contribution in [0.15, 0.2) is 36.4 Å². The van der Waals surface area contributed by atoms with Crippen LogP contribution in [0.2, 0.25) is 0 Å². The fourth-order valence-electron chi connectivity index (χ4n) is 2.20. The zero-order valence-electron chi connectivity index (χ0n) is 17.4. The number of allylic oxidation sites excluding steroid dienone is 4. The second kappa shape index (κ2) is 19.5. The normalized spacial score (nSPS) is 10.2. The molecule has 5 N–H and O–H groups in total. The van der Waals surface area contributed by atoms with E-state index in [1.165, 1.54) is 13.1 Å². The first-order valence-electron chi connectivity index (χ1n) is 9.26. The fraction of sp³-hybridized carbons (Fsp3) is 0.476. The maximum absolute atomic E-state index is 14.6. The molecule has 1 aromatic carbocycles.